The molecule has 0 amide bonds. The Labute approximate surface area is 198 Å². The van der Waals surface area contributed by atoms with E-state index in [4.69, 9.17) is 30.5 Å². The highest BCUT2D eigenvalue weighted by molar-refractivity contribution is 6.31. The molecule has 1 fully saturated rings. The van der Waals surface area contributed by atoms with Crippen LogP contribution in [-0.4, -0.2) is 38.4 Å². The van der Waals surface area contributed by atoms with Crippen molar-refractivity contribution in [3.05, 3.63) is 59.7 Å². The first kappa shape index (κ1) is 23.2. The third kappa shape index (κ3) is 4.58. The fourth-order valence-corrected chi connectivity index (χ4v) is 5.27. The second-order valence-corrected chi connectivity index (χ2v) is 8.80. The van der Waals surface area contributed by atoms with Gasteiger partial charge < -0.3 is 18.9 Å². The van der Waals surface area contributed by atoms with Gasteiger partial charge in [0.2, 0.25) is 0 Å². The van der Waals surface area contributed by atoms with Gasteiger partial charge in [-0.25, -0.2) is 9.59 Å². The largest absolute Gasteiger partial charge is 0.489 e. The Kier molecular flexibility index (Phi) is 6.94. The maximum atomic E-state index is 11.4. The number of rotatable bonds is 10. The summed E-state index contributed by atoms with van der Waals surface area (Å²) in [5.41, 5.74) is 2.32. The monoisotopic (exact) mass is 470 g/mol. The van der Waals surface area contributed by atoms with Crippen LogP contribution in [0.1, 0.15) is 42.7 Å². The second-order valence-electron chi connectivity index (χ2n) is 8.37. The summed E-state index contributed by atoms with van der Waals surface area (Å²) in [5.74, 6) is 1.90. The first-order valence-electron chi connectivity index (χ1n) is 11.1. The van der Waals surface area contributed by atoms with Crippen molar-refractivity contribution in [2.45, 2.75) is 31.6 Å². The first-order chi connectivity index (χ1) is 15.9. The number of benzene rings is 2. The van der Waals surface area contributed by atoms with Crippen molar-refractivity contribution in [2.24, 2.45) is 5.92 Å². The first-order valence-corrected chi connectivity index (χ1v) is 11.4. The van der Waals surface area contributed by atoms with Gasteiger partial charge in [0.1, 0.15) is 37.9 Å². The van der Waals surface area contributed by atoms with Gasteiger partial charge in [-0.05, 0) is 48.8 Å². The molecule has 6 nitrogen and oxygen atoms in total. The molecule has 0 radical (unpaired) electrons. The highest BCUT2D eigenvalue weighted by atomic mass is 35.5. The summed E-state index contributed by atoms with van der Waals surface area (Å²) in [6, 6.07) is 5.64. The molecule has 4 rings (SSSR count). The molecular weight excluding hydrogens is 444 g/mol. The fourth-order valence-electron chi connectivity index (χ4n) is 5.10. The van der Waals surface area contributed by atoms with Crippen molar-refractivity contribution in [1.29, 1.82) is 0 Å². The maximum Gasteiger partial charge on any atom is 0.330 e. The van der Waals surface area contributed by atoms with Crippen LogP contribution in [0.25, 0.3) is 10.8 Å². The molecule has 3 atom stereocenters. The van der Waals surface area contributed by atoms with Gasteiger partial charge in [-0.1, -0.05) is 31.7 Å². The van der Waals surface area contributed by atoms with Crippen LogP contribution in [0.3, 0.4) is 0 Å². The van der Waals surface area contributed by atoms with Crippen LogP contribution >= 0.6 is 11.6 Å². The summed E-state index contributed by atoms with van der Waals surface area (Å²) >= 11 is 6.35. The molecule has 1 saturated carbocycles. The van der Waals surface area contributed by atoms with Gasteiger partial charge in [0, 0.05) is 39.1 Å². The molecule has 0 spiro atoms. The molecule has 7 heteroatoms. The number of hydrogen-bond acceptors (Lipinski definition) is 6. The van der Waals surface area contributed by atoms with Crippen LogP contribution in [0.5, 0.6) is 11.5 Å². The highest BCUT2D eigenvalue weighted by Crippen LogP contribution is 2.63. The summed E-state index contributed by atoms with van der Waals surface area (Å²) in [7, 11) is 0. The topological polar surface area (TPSA) is 71.1 Å². The Balaban J connectivity index is 1.71. The number of carbonyl (C=O) groups is 2. The summed E-state index contributed by atoms with van der Waals surface area (Å²) in [4.78, 5) is 22.7. The predicted molar refractivity (Wildman–Crippen MR) is 126 cm³/mol. The molecule has 0 heterocycles. The van der Waals surface area contributed by atoms with Crippen LogP contribution in [0, 0.1) is 5.92 Å². The van der Waals surface area contributed by atoms with E-state index < -0.39 is 11.9 Å². The third-order valence-corrected chi connectivity index (χ3v) is 6.63. The maximum absolute atomic E-state index is 11.4. The number of esters is 2. The zero-order valence-corrected chi connectivity index (χ0v) is 19.4. The molecule has 2 aromatic rings. The average Bonchev–Trinajstić information content (AvgIpc) is 3.37. The quantitative estimate of drug-likeness (QED) is 0.266. The molecule has 0 aliphatic heterocycles. The van der Waals surface area contributed by atoms with E-state index in [1.807, 2.05) is 18.2 Å². The van der Waals surface area contributed by atoms with E-state index in [0.717, 1.165) is 52.8 Å². The summed E-state index contributed by atoms with van der Waals surface area (Å²) in [5, 5.41) is 2.34. The van der Waals surface area contributed by atoms with Crippen molar-refractivity contribution < 1.29 is 28.5 Å². The summed E-state index contributed by atoms with van der Waals surface area (Å²) in [6.07, 6.45) is 4.39. The van der Waals surface area contributed by atoms with Gasteiger partial charge >= 0.3 is 11.9 Å². The van der Waals surface area contributed by atoms with Gasteiger partial charge in [-0.3, -0.25) is 0 Å². The lowest BCUT2D eigenvalue weighted by Gasteiger charge is -2.28. The number of hydrogen-bond donors (Lipinski definition) is 0. The number of fused-ring (bicyclic) bond motifs is 6. The molecular formula is C26H27ClO6. The highest BCUT2D eigenvalue weighted by Gasteiger charge is 2.46. The number of carbonyl (C=O) groups excluding carboxylic acids is 2. The Hall–Kier alpha value is -2.99. The summed E-state index contributed by atoms with van der Waals surface area (Å²) in [6.45, 7) is 9.79. The molecule has 174 valence electrons. The van der Waals surface area contributed by atoms with Gasteiger partial charge in [0.25, 0.3) is 0 Å². The van der Waals surface area contributed by atoms with Crippen LogP contribution in [-0.2, 0) is 19.1 Å². The third-order valence-electron chi connectivity index (χ3n) is 6.39. The van der Waals surface area contributed by atoms with Gasteiger partial charge in [0.15, 0.2) is 0 Å². The minimum absolute atomic E-state index is 0.124. The zero-order valence-electron chi connectivity index (χ0n) is 18.6. The van der Waals surface area contributed by atoms with E-state index in [0.29, 0.717) is 22.8 Å². The van der Waals surface area contributed by atoms with Crippen LogP contribution < -0.4 is 9.47 Å². The SMILES string of the molecule is C=CC(=O)OCCOc1c2c(c(OCCOC(=O)C=C)c3ccc(Cl)cc13)C1CC2CC1C. The molecule has 2 aromatic carbocycles. The smallest absolute Gasteiger partial charge is 0.330 e. The standard InChI is InChI=1S/C26H27ClO6/c1-4-21(28)30-8-10-32-25-18-7-6-17(27)14-20(18)26(33-11-9-31-22(29)5-2)23-16-12-15(3)19(13-16)24(23)25/h4-7,14-16,19H,1-2,8-13H2,3H3. The minimum Gasteiger partial charge on any atom is -0.489 e. The second kappa shape index (κ2) is 9.87. The van der Waals surface area contributed by atoms with Crippen LogP contribution in [0.2, 0.25) is 5.02 Å². The van der Waals surface area contributed by atoms with E-state index in [9.17, 15) is 9.59 Å². The molecule has 0 saturated heterocycles. The molecule has 0 N–H and O–H groups in total. The molecule has 2 aliphatic rings. The lowest BCUT2D eigenvalue weighted by molar-refractivity contribution is -0.139. The fraction of sp³-hybridized carbons (Fsp3) is 0.385. The predicted octanol–water partition coefficient (Wildman–Crippen LogP) is 5.32. The van der Waals surface area contributed by atoms with Crippen molar-refractivity contribution in [1.82, 2.24) is 0 Å². The van der Waals surface area contributed by atoms with E-state index in [1.165, 1.54) is 5.56 Å². The van der Waals surface area contributed by atoms with Gasteiger partial charge in [-0.2, -0.15) is 0 Å². The van der Waals surface area contributed by atoms with Gasteiger partial charge in [-0.15, -0.1) is 0 Å². The van der Waals surface area contributed by atoms with E-state index in [1.54, 1.807) is 0 Å². The van der Waals surface area contributed by atoms with Crippen molar-refractivity contribution in [3.63, 3.8) is 0 Å². The number of ether oxygens (including phenoxy) is 4. The average molecular weight is 471 g/mol. The molecule has 3 unspecified atom stereocenters. The minimum atomic E-state index is -0.481. The van der Waals surface area contributed by atoms with Crippen molar-refractivity contribution in [3.8, 4) is 11.5 Å². The number of halogens is 1. The summed E-state index contributed by atoms with van der Waals surface area (Å²) < 4.78 is 22.6. The Bertz CT molecular complexity index is 1110. The van der Waals surface area contributed by atoms with Gasteiger partial charge in [0.05, 0.1) is 0 Å². The molecule has 33 heavy (non-hydrogen) atoms. The normalized spacial score (nSPS) is 20.2. The Morgan fingerprint density at radius 3 is 2.15 bits per heavy atom. The molecule has 2 aliphatic carbocycles. The lowest BCUT2D eigenvalue weighted by atomic mass is 9.82. The van der Waals surface area contributed by atoms with Crippen molar-refractivity contribution in [2.75, 3.05) is 26.4 Å². The van der Waals surface area contributed by atoms with Crippen LogP contribution in [0.4, 0.5) is 0 Å². The molecule has 0 aromatic heterocycles. The molecule has 2 bridgehead atoms. The van der Waals surface area contributed by atoms with E-state index in [-0.39, 0.29) is 26.4 Å². The van der Waals surface area contributed by atoms with Crippen molar-refractivity contribution >= 4 is 34.3 Å². The lowest BCUT2D eigenvalue weighted by Crippen LogP contribution is -2.16. The van der Waals surface area contributed by atoms with E-state index >= 15 is 0 Å². The Morgan fingerprint density at radius 1 is 0.939 bits per heavy atom. The Morgan fingerprint density at radius 2 is 1.55 bits per heavy atom. The van der Waals surface area contributed by atoms with E-state index in [2.05, 4.69) is 20.1 Å². The zero-order chi connectivity index (χ0) is 23.5. The van der Waals surface area contributed by atoms with Crippen LogP contribution in [0.15, 0.2) is 43.5 Å².